The van der Waals surface area contributed by atoms with Crippen LogP contribution >= 0.6 is 0 Å². The van der Waals surface area contributed by atoms with E-state index in [9.17, 15) is 0 Å². The van der Waals surface area contributed by atoms with Gasteiger partial charge in [-0.3, -0.25) is 0 Å². The van der Waals surface area contributed by atoms with Gasteiger partial charge in [0.1, 0.15) is 0 Å². The van der Waals surface area contributed by atoms with E-state index in [0.717, 1.165) is 0 Å². The predicted octanol–water partition coefficient (Wildman–Crippen LogP) is 1.65. The molecule has 1 saturated heterocycles. The minimum absolute atomic E-state index is 0.0305. The molecule has 6 nitrogen and oxygen atoms in total. The Kier molecular flexibility index (Phi) is 11.0. The van der Waals surface area contributed by atoms with Gasteiger partial charge in [0.25, 0.3) is 0 Å². The zero-order chi connectivity index (χ0) is 16.2. The first-order valence-electron chi connectivity index (χ1n) is 8.23. The van der Waals surface area contributed by atoms with Crippen molar-refractivity contribution in [3.05, 3.63) is 0 Å². The molecule has 0 radical (unpaired) electrons. The molecule has 6 heteroatoms. The number of ether oxygens (including phenoxy) is 6. The van der Waals surface area contributed by atoms with Crippen LogP contribution in [0, 0.1) is 0 Å². The van der Waals surface area contributed by atoms with Crippen LogP contribution in [-0.2, 0) is 28.4 Å². The average Bonchev–Trinajstić information content (AvgIpc) is 2.51. The van der Waals surface area contributed by atoms with Crippen molar-refractivity contribution in [2.45, 2.75) is 52.1 Å². The van der Waals surface area contributed by atoms with Crippen molar-refractivity contribution in [1.29, 1.82) is 0 Å². The Hall–Kier alpha value is -0.240. The second-order valence-corrected chi connectivity index (χ2v) is 5.53. The quantitative estimate of drug-likeness (QED) is 0.676. The standard InChI is InChI=1S/C16H32O6/c1-13-14(2)20-10-6-18-8-12-22-16(4)15(3)21-11-7-17-5-9-19-13/h13-16H,5-12H2,1-4H3/t13-,14-,15-,16-/m1/s1. The molecule has 1 fully saturated rings. The smallest absolute Gasteiger partial charge is 0.0807 e. The highest BCUT2D eigenvalue weighted by atomic mass is 16.6. The van der Waals surface area contributed by atoms with Crippen molar-refractivity contribution in [2.75, 3.05) is 52.9 Å². The summed E-state index contributed by atoms with van der Waals surface area (Å²) in [6.45, 7) is 12.5. The van der Waals surface area contributed by atoms with E-state index in [1.54, 1.807) is 0 Å². The van der Waals surface area contributed by atoms with Gasteiger partial charge in [0.05, 0.1) is 77.3 Å². The summed E-state index contributed by atoms with van der Waals surface area (Å²) in [5.41, 5.74) is 0. The first-order chi connectivity index (χ1) is 10.6. The maximum absolute atomic E-state index is 5.69. The van der Waals surface area contributed by atoms with Crippen LogP contribution in [0.2, 0.25) is 0 Å². The Morgan fingerprint density at radius 1 is 0.409 bits per heavy atom. The van der Waals surface area contributed by atoms with E-state index >= 15 is 0 Å². The van der Waals surface area contributed by atoms with E-state index in [4.69, 9.17) is 28.4 Å². The number of rotatable bonds is 0. The normalized spacial score (nSPS) is 35.5. The Labute approximate surface area is 134 Å². The fourth-order valence-electron chi connectivity index (χ4n) is 1.92. The van der Waals surface area contributed by atoms with Gasteiger partial charge in [0.15, 0.2) is 0 Å². The lowest BCUT2D eigenvalue weighted by Crippen LogP contribution is -2.30. The molecule has 0 aliphatic carbocycles. The van der Waals surface area contributed by atoms with Crippen LogP contribution in [0.1, 0.15) is 27.7 Å². The summed E-state index contributed by atoms with van der Waals surface area (Å²) in [7, 11) is 0. The van der Waals surface area contributed by atoms with Gasteiger partial charge in [-0.05, 0) is 27.7 Å². The van der Waals surface area contributed by atoms with Gasteiger partial charge in [-0.2, -0.15) is 0 Å². The van der Waals surface area contributed by atoms with Gasteiger partial charge in [-0.1, -0.05) is 0 Å². The zero-order valence-electron chi connectivity index (χ0n) is 14.4. The van der Waals surface area contributed by atoms with Crippen LogP contribution in [-0.4, -0.2) is 77.3 Å². The molecule has 1 heterocycles. The summed E-state index contributed by atoms with van der Waals surface area (Å²) >= 11 is 0. The second kappa shape index (κ2) is 12.2. The molecule has 0 spiro atoms. The summed E-state index contributed by atoms with van der Waals surface area (Å²) in [6.07, 6.45) is 0.122. The summed E-state index contributed by atoms with van der Waals surface area (Å²) in [5, 5.41) is 0. The monoisotopic (exact) mass is 320 g/mol. The van der Waals surface area contributed by atoms with Crippen molar-refractivity contribution in [3.63, 3.8) is 0 Å². The van der Waals surface area contributed by atoms with Gasteiger partial charge >= 0.3 is 0 Å². The lowest BCUT2D eigenvalue weighted by atomic mass is 10.2. The van der Waals surface area contributed by atoms with E-state index < -0.39 is 0 Å². The molecule has 22 heavy (non-hydrogen) atoms. The molecule has 0 N–H and O–H groups in total. The Morgan fingerprint density at radius 2 is 0.636 bits per heavy atom. The highest BCUT2D eigenvalue weighted by Gasteiger charge is 2.14. The molecule has 4 atom stereocenters. The van der Waals surface area contributed by atoms with Crippen LogP contribution in [0.15, 0.2) is 0 Å². The minimum atomic E-state index is 0.0305. The van der Waals surface area contributed by atoms with Gasteiger partial charge in [0, 0.05) is 0 Å². The van der Waals surface area contributed by atoms with E-state index in [-0.39, 0.29) is 24.4 Å². The van der Waals surface area contributed by atoms with E-state index in [2.05, 4.69) is 0 Å². The van der Waals surface area contributed by atoms with Gasteiger partial charge in [-0.15, -0.1) is 0 Å². The van der Waals surface area contributed by atoms with Crippen LogP contribution in [0.4, 0.5) is 0 Å². The molecule has 1 rings (SSSR count). The van der Waals surface area contributed by atoms with Crippen molar-refractivity contribution in [1.82, 2.24) is 0 Å². The third-order valence-corrected chi connectivity index (χ3v) is 3.76. The molecule has 0 bridgehead atoms. The second-order valence-electron chi connectivity index (χ2n) is 5.53. The van der Waals surface area contributed by atoms with Crippen molar-refractivity contribution < 1.29 is 28.4 Å². The molecule has 0 aromatic carbocycles. The molecule has 1 aliphatic heterocycles. The first kappa shape index (κ1) is 19.8. The van der Waals surface area contributed by atoms with E-state index in [1.165, 1.54) is 0 Å². The Balaban J connectivity index is 2.31. The summed E-state index contributed by atoms with van der Waals surface area (Å²) in [6, 6.07) is 0. The largest absolute Gasteiger partial charge is 0.377 e. The minimum Gasteiger partial charge on any atom is -0.377 e. The van der Waals surface area contributed by atoms with Gasteiger partial charge < -0.3 is 28.4 Å². The lowest BCUT2D eigenvalue weighted by molar-refractivity contribution is -0.102. The first-order valence-corrected chi connectivity index (χ1v) is 8.23. The zero-order valence-corrected chi connectivity index (χ0v) is 14.4. The van der Waals surface area contributed by atoms with Gasteiger partial charge in [-0.25, -0.2) is 0 Å². The van der Waals surface area contributed by atoms with Gasteiger partial charge in [0.2, 0.25) is 0 Å². The third-order valence-electron chi connectivity index (χ3n) is 3.76. The maximum atomic E-state index is 5.69. The van der Waals surface area contributed by atoms with Crippen LogP contribution in [0.25, 0.3) is 0 Å². The average molecular weight is 320 g/mol. The molecule has 0 amide bonds. The molecule has 0 aromatic heterocycles. The van der Waals surface area contributed by atoms with Crippen LogP contribution in [0.3, 0.4) is 0 Å². The topological polar surface area (TPSA) is 55.4 Å². The van der Waals surface area contributed by atoms with E-state index in [1.807, 2.05) is 27.7 Å². The summed E-state index contributed by atoms with van der Waals surface area (Å²) < 4.78 is 33.7. The van der Waals surface area contributed by atoms with Crippen LogP contribution in [0.5, 0.6) is 0 Å². The highest BCUT2D eigenvalue weighted by Crippen LogP contribution is 2.05. The number of hydrogen-bond donors (Lipinski definition) is 0. The van der Waals surface area contributed by atoms with Crippen LogP contribution < -0.4 is 0 Å². The molecule has 0 unspecified atom stereocenters. The molecule has 1 aliphatic rings. The Bertz CT molecular complexity index is 213. The third kappa shape index (κ3) is 9.02. The SMILES string of the molecule is C[C@H]1OCCOCCO[C@H](C)[C@@H](C)OCCOCCO[C@@H]1C. The molecular formula is C16H32O6. The van der Waals surface area contributed by atoms with Crippen molar-refractivity contribution in [2.24, 2.45) is 0 Å². The fourth-order valence-corrected chi connectivity index (χ4v) is 1.92. The fraction of sp³-hybridized carbons (Fsp3) is 1.00. The molecule has 0 aromatic rings. The van der Waals surface area contributed by atoms with E-state index in [0.29, 0.717) is 52.9 Å². The lowest BCUT2D eigenvalue weighted by Gasteiger charge is -2.23. The summed E-state index contributed by atoms with van der Waals surface area (Å²) in [4.78, 5) is 0. The highest BCUT2D eigenvalue weighted by molar-refractivity contribution is 4.61. The van der Waals surface area contributed by atoms with Crippen molar-refractivity contribution >= 4 is 0 Å². The Morgan fingerprint density at radius 3 is 0.864 bits per heavy atom. The molecule has 132 valence electrons. The molecular weight excluding hydrogens is 288 g/mol. The number of hydrogen-bond acceptors (Lipinski definition) is 6. The maximum Gasteiger partial charge on any atom is 0.0807 e. The predicted molar refractivity (Wildman–Crippen MR) is 83.3 cm³/mol. The van der Waals surface area contributed by atoms with Crippen molar-refractivity contribution in [3.8, 4) is 0 Å². The summed E-state index contributed by atoms with van der Waals surface area (Å²) in [5.74, 6) is 0. The molecule has 0 saturated carbocycles.